The highest BCUT2D eigenvalue weighted by Crippen LogP contribution is 2.29. The maximum absolute atomic E-state index is 11.4. The van der Waals surface area contributed by atoms with Crippen molar-refractivity contribution in [2.45, 2.75) is 25.3 Å². The van der Waals surface area contributed by atoms with Gasteiger partial charge in [-0.3, -0.25) is 4.79 Å². The van der Waals surface area contributed by atoms with Gasteiger partial charge >= 0.3 is 0 Å². The van der Waals surface area contributed by atoms with Crippen molar-refractivity contribution >= 4 is 23.1 Å². The molecule has 0 aliphatic carbocycles. The van der Waals surface area contributed by atoms with Crippen LogP contribution >= 0.6 is 11.3 Å². The molecule has 3 aromatic heterocycles. The lowest BCUT2D eigenvalue weighted by Gasteiger charge is -2.33. The second-order valence-electron chi connectivity index (χ2n) is 6.45. The zero-order valence-electron chi connectivity index (χ0n) is 14.3. The summed E-state index contributed by atoms with van der Waals surface area (Å²) >= 11 is 1.61. The summed E-state index contributed by atoms with van der Waals surface area (Å²) in [5.74, 6) is 1.76. The van der Waals surface area contributed by atoms with Crippen molar-refractivity contribution in [3.63, 3.8) is 0 Å². The number of nitrogens with two attached hydrogens (primary N) is 1. The normalized spacial score (nSPS) is 17.4. The molecule has 8 heteroatoms. The van der Waals surface area contributed by atoms with Crippen molar-refractivity contribution in [2.75, 3.05) is 18.0 Å². The third-order valence-electron chi connectivity index (χ3n) is 4.70. The molecule has 2 N–H and O–H groups in total. The quantitative estimate of drug-likeness (QED) is 0.746. The van der Waals surface area contributed by atoms with E-state index in [1.807, 2.05) is 17.9 Å². The number of amides is 1. The number of thiazole rings is 1. The summed E-state index contributed by atoms with van der Waals surface area (Å²) in [7, 11) is 0. The van der Waals surface area contributed by atoms with Gasteiger partial charge < -0.3 is 15.2 Å². The van der Waals surface area contributed by atoms with Gasteiger partial charge in [-0.25, -0.2) is 15.0 Å². The Kier molecular flexibility index (Phi) is 4.66. The number of carbonyl (C=O) groups excluding carboxylic acids is 1. The molecule has 1 aliphatic heterocycles. The summed E-state index contributed by atoms with van der Waals surface area (Å²) in [4.78, 5) is 27.1. The van der Waals surface area contributed by atoms with E-state index in [0.29, 0.717) is 11.5 Å². The SMILES string of the molecule is NC(=O)c1ccnc(N2CCC[C@@H](c3nccn3Cc3cscn3)C2)c1. The van der Waals surface area contributed by atoms with E-state index in [9.17, 15) is 4.79 Å². The Balaban J connectivity index is 1.53. The fraction of sp³-hybridized carbons (Fsp3) is 0.333. The second-order valence-corrected chi connectivity index (χ2v) is 7.16. The maximum atomic E-state index is 11.4. The van der Waals surface area contributed by atoms with Gasteiger partial charge in [0.25, 0.3) is 0 Å². The predicted molar refractivity (Wildman–Crippen MR) is 100 cm³/mol. The van der Waals surface area contributed by atoms with Crippen LogP contribution in [0.15, 0.2) is 41.6 Å². The maximum Gasteiger partial charge on any atom is 0.248 e. The summed E-state index contributed by atoms with van der Waals surface area (Å²) in [5, 5.41) is 2.07. The molecule has 0 saturated carbocycles. The lowest BCUT2D eigenvalue weighted by Crippen LogP contribution is -2.36. The summed E-state index contributed by atoms with van der Waals surface area (Å²) in [6.45, 7) is 2.48. The molecule has 0 bridgehead atoms. The Labute approximate surface area is 155 Å². The lowest BCUT2D eigenvalue weighted by atomic mass is 9.97. The molecule has 4 heterocycles. The molecule has 0 radical (unpaired) electrons. The number of hydrogen-bond acceptors (Lipinski definition) is 6. The zero-order valence-corrected chi connectivity index (χ0v) is 15.1. The van der Waals surface area contributed by atoms with E-state index in [1.54, 1.807) is 29.7 Å². The molecule has 7 nitrogen and oxygen atoms in total. The van der Waals surface area contributed by atoms with Gasteiger partial charge in [-0.2, -0.15) is 0 Å². The lowest BCUT2D eigenvalue weighted by molar-refractivity contribution is 0.1000. The molecular weight excluding hydrogens is 348 g/mol. The van der Waals surface area contributed by atoms with Crippen LogP contribution in [-0.2, 0) is 6.54 Å². The molecule has 134 valence electrons. The Morgan fingerprint density at radius 1 is 1.31 bits per heavy atom. The van der Waals surface area contributed by atoms with Crippen LogP contribution in [0.5, 0.6) is 0 Å². The van der Waals surface area contributed by atoms with Gasteiger partial charge in [0.2, 0.25) is 5.91 Å². The number of anilines is 1. The summed E-state index contributed by atoms with van der Waals surface area (Å²) in [6, 6.07) is 3.42. The molecule has 1 amide bonds. The van der Waals surface area contributed by atoms with Crippen LogP contribution in [0.1, 0.15) is 40.6 Å². The van der Waals surface area contributed by atoms with Gasteiger partial charge in [0.1, 0.15) is 11.6 Å². The Bertz CT molecular complexity index is 891. The molecule has 4 rings (SSSR count). The van der Waals surface area contributed by atoms with Crippen LogP contribution in [-0.4, -0.2) is 38.5 Å². The van der Waals surface area contributed by atoms with Crippen LogP contribution in [0.2, 0.25) is 0 Å². The van der Waals surface area contributed by atoms with Gasteiger partial charge in [-0.15, -0.1) is 11.3 Å². The molecular formula is C18H20N6OS. The first-order chi connectivity index (χ1) is 12.7. The van der Waals surface area contributed by atoms with Gasteiger partial charge in [0.05, 0.1) is 17.7 Å². The van der Waals surface area contributed by atoms with Crippen LogP contribution in [0.4, 0.5) is 5.82 Å². The van der Waals surface area contributed by atoms with E-state index in [0.717, 1.165) is 49.8 Å². The summed E-state index contributed by atoms with van der Waals surface area (Å²) in [5.41, 5.74) is 8.79. The van der Waals surface area contributed by atoms with Gasteiger partial charge in [0, 0.05) is 48.5 Å². The minimum atomic E-state index is -0.430. The number of carbonyl (C=O) groups is 1. The molecule has 26 heavy (non-hydrogen) atoms. The molecule has 0 unspecified atom stereocenters. The number of aromatic nitrogens is 4. The van der Waals surface area contributed by atoms with Crippen molar-refractivity contribution < 1.29 is 4.79 Å². The average Bonchev–Trinajstić information content (AvgIpc) is 3.34. The standard InChI is InChI=1S/C18H20N6OS/c19-17(25)13-3-4-20-16(8-13)23-6-1-2-14(9-23)18-21-5-7-24(18)10-15-11-26-12-22-15/h3-5,7-8,11-12,14H,1-2,6,9-10H2,(H2,19,25)/t14-/m1/s1. The largest absolute Gasteiger partial charge is 0.366 e. The highest BCUT2D eigenvalue weighted by Gasteiger charge is 2.26. The van der Waals surface area contributed by atoms with Crippen LogP contribution < -0.4 is 10.6 Å². The van der Waals surface area contributed by atoms with Crippen molar-refractivity contribution in [3.8, 4) is 0 Å². The number of rotatable bonds is 5. The summed E-state index contributed by atoms with van der Waals surface area (Å²) < 4.78 is 2.18. The molecule has 1 fully saturated rings. The minimum Gasteiger partial charge on any atom is -0.366 e. The highest BCUT2D eigenvalue weighted by molar-refractivity contribution is 7.07. The third kappa shape index (κ3) is 3.45. The van der Waals surface area contributed by atoms with Crippen molar-refractivity contribution in [1.29, 1.82) is 0 Å². The molecule has 1 atom stereocenters. The van der Waals surface area contributed by atoms with Crippen LogP contribution in [0, 0.1) is 0 Å². The summed E-state index contributed by atoms with van der Waals surface area (Å²) in [6.07, 6.45) is 7.64. The molecule has 1 aliphatic rings. The topological polar surface area (TPSA) is 89.9 Å². The Morgan fingerprint density at radius 2 is 2.23 bits per heavy atom. The second kappa shape index (κ2) is 7.25. The number of nitrogens with zero attached hydrogens (tertiary/aromatic N) is 5. The van der Waals surface area contributed by atoms with Crippen LogP contribution in [0.3, 0.4) is 0 Å². The van der Waals surface area contributed by atoms with Gasteiger partial charge in [0.15, 0.2) is 0 Å². The van der Waals surface area contributed by atoms with Crippen molar-refractivity contribution in [2.24, 2.45) is 5.73 Å². The molecule has 0 spiro atoms. The van der Waals surface area contributed by atoms with E-state index in [2.05, 4.69) is 29.8 Å². The van der Waals surface area contributed by atoms with Crippen molar-refractivity contribution in [1.82, 2.24) is 19.5 Å². The van der Waals surface area contributed by atoms with Gasteiger partial charge in [-0.1, -0.05) is 0 Å². The van der Waals surface area contributed by atoms with E-state index in [-0.39, 0.29) is 0 Å². The predicted octanol–water partition coefficient (Wildman–Crippen LogP) is 2.27. The minimum absolute atomic E-state index is 0.316. The molecule has 3 aromatic rings. The molecule has 1 saturated heterocycles. The Hall–Kier alpha value is -2.74. The van der Waals surface area contributed by atoms with E-state index >= 15 is 0 Å². The zero-order chi connectivity index (χ0) is 17.9. The fourth-order valence-corrected chi connectivity index (χ4v) is 3.99. The fourth-order valence-electron chi connectivity index (χ4n) is 3.45. The average molecular weight is 368 g/mol. The Morgan fingerprint density at radius 3 is 3.04 bits per heavy atom. The van der Waals surface area contributed by atoms with Crippen LogP contribution in [0.25, 0.3) is 0 Å². The highest BCUT2D eigenvalue weighted by atomic mass is 32.1. The number of pyridine rings is 1. The number of primary amides is 1. The third-order valence-corrected chi connectivity index (χ3v) is 5.34. The smallest absolute Gasteiger partial charge is 0.248 e. The van der Waals surface area contributed by atoms with Crippen molar-refractivity contribution in [3.05, 3.63) is 58.7 Å². The first-order valence-corrected chi connectivity index (χ1v) is 9.54. The number of hydrogen-bond donors (Lipinski definition) is 1. The van der Waals surface area contributed by atoms with E-state index in [1.165, 1.54) is 0 Å². The molecule has 0 aromatic carbocycles. The first-order valence-electron chi connectivity index (χ1n) is 8.59. The van der Waals surface area contributed by atoms with Gasteiger partial charge in [-0.05, 0) is 25.0 Å². The number of imidazole rings is 1. The number of piperidine rings is 1. The van der Waals surface area contributed by atoms with E-state index < -0.39 is 5.91 Å². The first kappa shape index (κ1) is 16.7. The monoisotopic (exact) mass is 368 g/mol. The van der Waals surface area contributed by atoms with E-state index in [4.69, 9.17) is 5.73 Å².